The second-order valence-electron chi connectivity index (χ2n) is 6.07. The number of nitrogens with one attached hydrogen (secondary N) is 1. The van der Waals surface area contributed by atoms with E-state index in [1.807, 2.05) is 0 Å². The van der Waals surface area contributed by atoms with Crippen molar-refractivity contribution in [3.8, 4) is 0 Å². The normalized spacial score (nSPS) is 20.1. The number of morpholine rings is 1. The number of amides is 2. The average molecular weight is 358 g/mol. The van der Waals surface area contributed by atoms with Crippen LogP contribution in [0.4, 0.5) is 10.1 Å². The largest absolute Gasteiger partial charge is 0.394 e. The first-order valence-corrected chi connectivity index (χ1v) is 8.14. The Labute approximate surface area is 150 Å². The second-order valence-corrected chi connectivity index (χ2v) is 6.07. The summed E-state index contributed by atoms with van der Waals surface area (Å²) in [7, 11) is 1.63. The lowest BCUT2D eigenvalue weighted by Crippen LogP contribution is -2.50. The molecule has 1 fully saturated rings. The summed E-state index contributed by atoms with van der Waals surface area (Å²) in [6.07, 6.45) is -0.448. The maximum atomic E-state index is 13.2. The quantitative estimate of drug-likeness (QED) is 0.876. The summed E-state index contributed by atoms with van der Waals surface area (Å²) < 4.78 is 18.8. The molecule has 2 aromatic carbocycles. The number of aliphatic hydroxyl groups excluding tert-OH is 1. The molecule has 0 spiro atoms. The average Bonchev–Trinajstić information content (AvgIpc) is 2.64. The van der Waals surface area contributed by atoms with Crippen molar-refractivity contribution in [1.82, 2.24) is 4.90 Å². The molecule has 26 heavy (non-hydrogen) atoms. The Bertz CT molecular complexity index is 809. The molecule has 1 saturated heterocycles. The fourth-order valence-corrected chi connectivity index (χ4v) is 2.89. The molecule has 0 aliphatic carbocycles. The van der Waals surface area contributed by atoms with Crippen LogP contribution in [0.15, 0.2) is 48.5 Å². The molecule has 1 heterocycles. The van der Waals surface area contributed by atoms with Gasteiger partial charge in [-0.2, -0.15) is 0 Å². The van der Waals surface area contributed by atoms with Gasteiger partial charge in [-0.05, 0) is 35.9 Å². The molecule has 0 bridgehead atoms. The maximum Gasteiger partial charge on any atom is 0.255 e. The molecule has 7 heteroatoms. The summed E-state index contributed by atoms with van der Waals surface area (Å²) in [6.45, 7) is -0.263. The number of rotatable bonds is 4. The lowest BCUT2D eigenvalue weighted by atomic mass is 9.99. The highest BCUT2D eigenvalue weighted by Crippen LogP contribution is 2.29. The molecule has 0 aromatic heterocycles. The van der Waals surface area contributed by atoms with Crippen LogP contribution in [0, 0.1) is 5.82 Å². The number of hydrogen-bond donors (Lipinski definition) is 2. The van der Waals surface area contributed by atoms with E-state index in [0.29, 0.717) is 5.69 Å². The monoisotopic (exact) mass is 358 g/mol. The number of aliphatic hydroxyl groups is 1. The van der Waals surface area contributed by atoms with Crippen LogP contribution in [0.2, 0.25) is 0 Å². The minimum Gasteiger partial charge on any atom is -0.394 e. The SMILES string of the molecule is CN1C(=O)CO[C@H](c2ccc(NC(=O)c3cccc(F)c3)cc2)[C@H]1CO. The zero-order valence-corrected chi connectivity index (χ0v) is 14.2. The van der Waals surface area contributed by atoms with Crippen LogP contribution in [0.25, 0.3) is 0 Å². The number of halogens is 1. The molecule has 2 aromatic rings. The summed E-state index contributed by atoms with van der Waals surface area (Å²) in [5.41, 5.74) is 1.56. The van der Waals surface area contributed by atoms with Crippen molar-refractivity contribution in [3.63, 3.8) is 0 Å². The molecule has 2 atom stereocenters. The minimum atomic E-state index is -0.476. The van der Waals surface area contributed by atoms with E-state index in [-0.39, 0.29) is 24.7 Å². The number of anilines is 1. The Balaban J connectivity index is 1.72. The van der Waals surface area contributed by atoms with Crippen LogP contribution in [-0.2, 0) is 9.53 Å². The van der Waals surface area contributed by atoms with Gasteiger partial charge in [0.05, 0.1) is 12.6 Å². The van der Waals surface area contributed by atoms with Gasteiger partial charge in [-0.1, -0.05) is 18.2 Å². The van der Waals surface area contributed by atoms with Gasteiger partial charge in [-0.15, -0.1) is 0 Å². The number of likely N-dealkylation sites (N-methyl/N-ethyl adjacent to an activating group) is 1. The molecule has 0 unspecified atom stereocenters. The van der Waals surface area contributed by atoms with Crippen molar-refractivity contribution < 1.29 is 23.8 Å². The first-order valence-electron chi connectivity index (χ1n) is 8.14. The Morgan fingerprint density at radius 1 is 1.31 bits per heavy atom. The molecule has 1 aliphatic rings. The van der Waals surface area contributed by atoms with Gasteiger partial charge in [0.15, 0.2) is 0 Å². The lowest BCUT2D eigenvalue weighted by Gasteiger charge is -2.38. The van der Waals surface area contributed by atoms with Gasteiger partial charge in [-0.25, -0.2) is 4.39 Å². The summed E-state index contributed by atoms with van der Waals surface area (Å²) in [4.78, 5) is 25.3. The Kier molecular flexibility index (Phi) is 5.29. The van der Waals surface area contributed by atoms with E-state index in [9.17, 15) is 19.1 Å². The molecule has 0 saturated carbocycles. The Hall–Kier alpha value is -2.77. The van der Waals surface area contributed by atoms with Crippen molar-refractivity contribution in [2.75, 3.05) is 25.6 Å². The smallest absolute Gasteiger partial charge is 0.255 e. The van der Waals surface area contributed by atoms with Crippen LogP contribution >= 0.6 is 0 Å². The highest BCUT2D eigenvalue weighted by atomic mass is 19.1. The van der Waals surface area contributed by atoms with Crippen molar-refractivity contribution in [1.29, 1.82) is 0 Å². The molecule has 136 valence electrons. The highest BCUT2D eigenvalue weighted by molar-refractivity contribution is 6.04. The van der Waals surface area contributed by atoms with Gasteiger partial charge in [-0.3, -0.25) is 9.59 Å². The fraction of sp³-hybridized carbons (Fsp3) is 0.263. The van der Waals surface area contributed by atoms with Gasteiger partial charge >= 0.3 is 0 Å². The second kappa shape index (κ2) is 7.63. The number of carbonyl (C=O) groups is 2. The molecule has 3 rings (SSSR count). The van der Waals surface area contributed by atoms with Gasteiger partial charge in [0.2, 0.25) is 5.91 Å². The van der Waals surface area contributed by atoms with Gasteiger partial charge in [0.25, 0.3) is 5.91 Å². The number of nitrogens with zero attached hydrogens (tertiary/aromatic N) is 1. The lowest BCUT2D eigenvalue weighted by molar-refractivity contribution is -0.157. The van der Waals surface area contributed by atoms with E-state index in [1.165, 1.54) is 23.1 Å². The van der Waals surface area contributed by atoms with Crippen LogP contribution in [0.3, 0.4) is 0 Å². The molecule has 6 nitrogen and oxygen atoms in total. The first kappa shape index (κ1) is 18.0. The summed E-state index contributed by atoms with van der Waals surface area (Å²) in [5.74, 6) is -1.07. The minimum absolute atomic E-state index is 0.0459. The summed E-state index contributed by atoms with van der Waals surface area (Å²) >= 11 is 0. The standard InChI is InChI=1S/C19H19FN2O4/c1-22-16(10-23)18(26-11-17(22)24)12-5-7-15(8-6-12)21-19(25)13-3-2-4-14(20)9-13/h2-9,16,18,23H,10-11H2,1H3,(H,21,25)/t16-,18-/m1/s1. The summed E-state index contributed by atoms with van der Waals surface area (Å²) in [5, 5.41) is 12.3. The van der Waals surface area contributed by atoms with E-state index in [0.717, 1.165) is 11.6 Å². The van der Waals surface area contributed by atoms with E-state index < -0.39 is 23.9 Å². The Morgan fingerprint density at radius 2 is 2.04 bits per heavy atom. The van der Waals surface area contributed by atoms with Crippen LogP contribution in [0.5, 0.6) is 0 Å². The molecule has 1 aliphatic heterocycles. The molecule has 2 amide bonds. The third kappa shape index (κ3) is 3.74. The van der Waals surface area contributed by atoms with E-state index in [4.69, 9.17) is 4.74 Å². The van der Waals surface area contributed by atoms with Gasteiger partial charge in [0, 0.05) is 18.3 Å². The number of hydrogen-bond acceptors (Lipinski definition) is 4. The maximum absolute atomic E-state index is 13.2. The highest BCUT2D eigenvalue weighted by Gasteiger charge is 2.34. The van der Waals surface area contributed by atoms with Crippen molar-refractivity contribution in [2.24, 2.45) is 0 Å². The van der Waals surface area contributed by atoms with Crippen LogP contribution in [0.1, 0.15) is 22.0 Å². The topological polar surface area (TPSA) is 78.9 Å². The first-order chi connectivity index (χ1) is 12.5. The summed E-state index contributed by atoms with van der Waals surface area (Å²) in [6, 6.07) is 11.9. The number of benzene rings is 2. The third-order valence-corrected chi connectivity index (χ3v) is 4.40. The number of ether oxygens (including phenoxy) is 1. The molecular formula is C19H19FN2O4. The molecular weight excluding hydrogens is 339 g/mol. The van der Waals surface area contributed by atoms with E-state index in [2.05, 4.69) is 5.32 Å². The molecule has 0 radical (unpaired) electrons. The Morgan fingerprint density at radius 3 is 2.69 bits per heavy atom. The predicted octanol–water partition coefficient (Wildman–Crippen LogP) is 1.97. The van der Waals surface area contributed by atoms with Crippen molar-refractivity contribution in [2.45, 2.75) is 12.1 Å². The third-order valence-electron chi connectivity index (χ3n) is 4.40. The van der Waals surface area contributed by atoms with E-state index >= 15 is 0 Å². The van der Waals surface area contributed by atoms with Crippen molar-refractivity contribution in [3.05, 3.63) is 65.5 Å². The predicted molar refractivity (Wildman–Crippen MR) is 93.1 cm³/mol. The van der Waals surface area contributed by atoms with Crippen LogP contribution < -0.4 is 5.32 Å². The van der Waals surface area contributed by atoms with Crippen LogP contribution in [-0.4, -0.2) is 48.1 Å². The van der Waals surface area contributed by atoms with Gasteiger partial charge < -0.3 is 20.1 Å². The van der Waals surface area contributed by atoms with E-state index in [1.54, 1.807) is 31.3 Å². The van der Waals surface area contributed by atoms with Crippen molar-refractivity contribution >= 4 is 17.5 Å². The van der Waals surface area contributed by atoms with Gasteiger partial charge in [0.1, 0.15) is 18.5 Å². The zero-order valence-electron chi connectivity index (χ0n) is 14.2. The molecule has 2 N–H and O–H groups in total. The zero-order chi connectivity index (χ0) is 18.7. The number of carbonyl (C=O) groups excluding carboxylic acids is 2. The fourth-order valence-electron chi connectivity index (χ4n) is 2.89.